The molecule has 0 N–H and O–H groups in total. The highest BCUT2D eigenvalue weighted by Gasteiger charge is 2.21. The van der Waals surface area contributed by atoms with E-state index in [9.17, 15) is 8.78 Å². The van der Waals surface area contributed by atoms with Gasteiger partial charge in [-0.25, -0.2) is 13.5 Å². The van der Waals surface area contributed by atoms with Crippen LogP contribution in [-0.4, -0.2) is 45.4 Å². The largest absolute Gasteiger partial charge is 0.367 e. The molecule has 8 heteroatoms. The molecule has 0 aliphatic carbocycles. The van der Waals surface area contributed by atoms with Gasteiger partial charge in [0, 0.05) is 33.2 Å². The third-order valence-electron chi connectivity index (χ3n) is 5.06. The summed E-state index contributed by atoms with van der Waals surface area (Å²) in [6, 6.07) is 13.4. The predicted molar refractivity (Wildman–Crippen MR) is 108 cm³/mol. The van der Waals surface area contributed by atoms with Crippen molar-refractivity contribution in [3.05, 3.63) is 64.9 Å². The summed E-state index contributed by atoms with van der Waals surface area (Å²) in [5, 5.41) is 4.55. The summed E-state index contributed by atoms with van der Waals surface area (Å²) in [6.07, 6.45) is 0. The summed E-state index contributed by atoms with van der Waals surface area (Å²) in [5.41, 5.74) is 1.07. The first kappa shape index (κ1) is 18.8. The van der Waals surface area contributed by atoms with Crippen LogP contribution in [0.4, 0.5) is 14.5 Å². The van der Waals surface area contributed by atoms with Crippen LogP contribution >= 0.6 is 12.2 Å². The van der Waals surface area contributed by atoms with Crippen molar-refractivity contribution in [1.82, 2.24) is 19.2 Å². The molecule has 0 atom stereocenters. The van der Waals surface area contributed by atoms with E-state index in [-0.39, 0.29) is 11.6 Å². The minimum atomic E-state index is -0.323. The van der Waals surface area contributed by atoms with Gasteiger partial charge in [0.05, 0.1) is 17.9 Å². The standard InChI is InChI=1S/C20H21F2N5S/c1-24-19(15-6-2-3-7-16(15)21)23-27(20(24)28)14-25-10-12-26(13-11-25)18-9-5-4-8-17(18)22/h2-9H,10-14H2,1H3. The number of aromatic nitrogens is 3. The van der Waals surface area contributed by atoms with Gasteiger partial charge < -0.3 is 9.47 Å². The molecule has 1 aromatic heterocycles. The number of para-hydroxylation sites is 1. The van der Waals surface area contributed by atoms with Gasteiger partial charge in [-0.15, -0.1) is 0 Å². The lowest BCUT2D eigenvalue weighted by molar-refractivity contribution is 0.194. The molecule has 0 radical (unpaired) electrons. The van der Waals surface area contributed by atoms with Gasteiger partial charge >= 0.3 is 0 Å². The lowest BCUT2D eigenvalue weighted by atomic mass is 10.2. The van der Waals surface area contributed by atoms with Gasteiger partial charge in [0.1, 0.15) is 11.6 Å². The summed E-state index contributed by atoms with van der Waals surface area (Å²) in [7, 11) is 1.80. The van der Waals surface area contributed by atoms with Crippen LogP contribution in [-0.2, 0) is 13.7 Å². The summed E-state index contributed by atoms with van der Waals surface area (Å²) in [4.78, 5) is 4.26. The second-order valence-electron chi connectivity index (χ2n) is 6.84. The Bertz CT molecular complexity index is 1040. The fraction of sp³-hybridized carbons (Fsp3) is 0.300. The first-order valence-corrected chi connectivity index (χ1v) is 9.56. The number of anilines is 1. The maximum absolute atomic E-state index is 14.1. The third kappa shape index (κ3) is 3.57. The van der Waals surface area contributed by atoms with Gasteiger partial charge in [-0.3, -0.25) is 4.90 Å². The molecule has 1 saturated heterocycles. The van der Waals surface area contributed by atoms with Crippen molar-refractivity contribution in [3.63, 3.8) is 0 Å². The Hall–Kier alpha value is -2.58. The van der Waals surface area contributed by atoms with Crippen molar-refractivity contribution in [2.45, 2.75) is 6.67 Å². The quantitative estimate of drug-likeness (QED) is 0.624. The summed E-state index contributed by atoms with van der Waals surface area (Å²) >= 11 is 5.50. The molecule has 0 amide bonds. The van der Waals surface area contributed by atoms with Crippen molar-refractivity contribution < 1.29 is 8.78 Å². The number of halogens is 2. The van der Waals surface area contributed by atoms with E-state index < -0.39 is 0 Å². The van der Waals surface area contributed by atoms with Gasteiger partial charge in [-0.05, 0) is 36.5 Å². The Balaban J connectivity index is 1.48. The van der Waals surface area contributed by atoms with Crippen molar-refractivity contribution in [2.24, 2.45) is 7.05 Å². The molecule has 1 fully saturated rings. The molecule has 28 heavy (non-hydrogen) atoms. The number of benzene rings is 2. The minimum Gasteiger partial charge on any atom is -0.367 e. The summed E-state index contributed by atoms with van der Waals surface area (Å²) in [6.45, 7) is 3.50. The topological polar surface area (TPSA) is 29.2 Å². The Kier molecular flexibility index (Phi) is 5.23. The Morgan fingerprint density at radius 1 is 0.929 bits per heavy atom. The molecule has 0 saturated carbocycles. The van der Waals surface area contributed by atoms with Crippen molar-refractivity contribution >= 4 is 17.9 Å². The lowest BCUT2D eigenvalue weighted by Crippen LogP contribution is -2.47. The molecule has 5 nitrogen and oxygen atoms in total. The van der Waals surface area contributed by atoms with E-state index in [1.807, 2.05) is 11.0 Å². The van der Waals surface area contributed by atoms with E-state index in [0.717, 1.165) is 26.2 Å². The van der Waals surface area contributed by atoms with Crippen molar-refractivity contribution in [3.8, 4) is 11.4 Å². The van der Waals surface area contributed by atoms with Crippen molar-refractivity contribution in [1.29, 1.82) is 0 Å². The van der Waals surface area contributed by atoms with E-state index in [2.05, 4.69) is 10.00 Å². The first-order valence-electron chi connectivity index (χ1n) is 9.15. The fourth-order valence-electron chi connectivity index (χ4n) is 3.48. The van der Waals surface area contributed by atoms with Crippen LogP contribution in [0.5, 0.6) is 0 Å². The maximum atomic E-state index is 14.1. The second kappa shape index (κ2) is 7.81. The third-order valence-corrected chi connectivity index (χ3v) is 5.54. The zero-order chi connectivity index (χ0) is 19.7. The predicted octanol–water partition coefficient (Wildman–Crippen LogP) is 3.68. The molecule has 0 bridgehead atoms. The molecule has 0 unspecified atom stereocenters. The van der Waals surface area contributed by atoms with Crippen LogP contribution in [0.1, 0.15) is 0 Å². The molecule has 1 aliphatic heterocycles. The van der Waals surface area contributed by atoms with E-state index >= 15 is 0 Å². The molecule has 4 rings (SSSR count). The van der Waals surface area contributed by atoms with Crippen LogP contribution < -0.4 is 4.90 Å². The molecule has 2 aromatic carbocycles. The Morgan fingerprint density at radius 3 is 2.25 bits per heavy atom. The average Bonchev–Trinajstić information content (AvgIpc) is 2.98. The second-order valence-corrected chi connectivity index (χ2v) is 7.21. The van der Waals surface area contributed by atoms with Gasteiger partial charge in [-0.1, -0.05) is 24.3 Å². The van der Waals surface area contributed by atoms with E-state index in [1.54, 1.807) is 46.6 Å². The van der Waals surface area contributed by atoms with Gasteiger partial charge in [0.15, 0.2) is 10.6 Å². The number of hydrogen-bond acceptors (Lipinski definition) is 4. The first-order chi connectivity index (χ1) is 13.5. The lowest BCUT2D eigenvalue weighted by Gasteiger charge is -2.35. The molecule has 3 aromatic rings. The molecule has 0 spiro atoms. The number of hydrogen-bond donors (Lipinski definition) is 0. The highest BCUT2D eigenvalue weighted by molar-refractivity contribution is 7.71. The molecule has 2 heterocycles. The summed E-state index contributed by atoms with van der Waals surface area (Å²) < 4.78 is 32.1. The monoisotopic (exact) mass is 401 g/mol. The zero-order valence-corrected chi connectivity index (χ0v) is 16.4. The maximum Gasteiger partial charge on any atom is 0.199 e. The average molecular weight is 401 g/mol. The molecular weight excluding hydrogens is 380 g/mol. The van der Waals surface area contributed by atoms with Crippen LogP contribution in [0.15, 0.2) is 48.5 Å². The molecular formula is C20H21F2N5S. The highest BCUT2D eigenvalue weighted by Crippen LogP contribution is 2.22. The van der Waals surface area contributed by atoms with Crippen LogP contribution in [0, 0.1) is 16.4 Å². The highest BCUT2D eigenvalue weighted by atomic mass is 32.1. The van der Waals surface area contributed by atoms with Gasteiger partial charge in [-0.2, -0.15) is 5.10 Å². The number of nitrogens with zero attached hydrogens (tertiary/aromatic N) is 5. The fourth-order valence-corrected chi connectivity index (χ4v) is 3.67. The summed E-state index contributed by atoms with van der Waals surface area (Å²) in [5.74, 6) is -0.0123. The van der Waals surface area contributed by atoms with Gasteiger partial charge in [0.25, 0.3) is 0 Å². The Morgan fingerprint density at radius 2 is 1.57 bits per heavy atom. The van der Waals surface area contributed by atoms with E-state index in [4.69, 9.17) is 12.2 Å². The zero-order valence-electron chi connectivity index (χ0n) is 15.6. The number of rotatable bonds is 4. The SMILES string of the molecule is Cn1c(-c2ccccc2F)nn(CN2CCN(c3ccccc3F)CC2)c1=S. The van der Waals surface area contributed by atoms with E-state index in [1.165, 1.54) is 12.1 Å². The van der Waals surface area contributed by atoms with Crippen molar-refractivity contribution in [2.75, 3.05) is 31.1 Å². The number of piperazine rings is 1. The molecule has 146 valence electrons. The molecule has 1 aliphatic rings. The van der Waals surface area contributed by atoms with Crippen LogP contribution in [0.25, 0.3) is 11.4 Å². The smallest absolute Gasteiger partial charge is 0.199 e. The van der Waals surface area contributed by atoms with Crippen LogP contribution in [0.2, 0.25) is 0 Å². The van der Waals surface area contributed by atoms with E-state index in [0.29, 0.717) is 28.5 Å². The van der Waals surface area contributed by atoms with Crippen LogP contribution in [0.3, 0.4) is 0 Å². The minimum absolute atomic E-state index is 0.197. The van der Waals surface area contributed by atoms with Gasteiger partial charge in [0.2, 0.25) is 0 Å². The Labute approximate surface area is 167 Å². The normalized spacial score (nSPS) is 15.2.